The summed E-state index contributed by atoms with van der Waals surface area (Å²) in [7, 11) is 1.63. The molecule has 0 aromatic carbocycles. The zero-order valence-corrected chi connectivity index (χ0v) is 9.12. The molecule has 1 rings (SSSR count). The van der Waals surface area contributed by atoms with E-state index in [2.05, 4.69) is 5.32 Å². The Morgan fingerprint density at radius 1 is 1.67 bits per heavy atom. The average Bonchev–Trinajstić information content (AvgIpc) is 2.73. The number of nitrogens with one attached hydrogen (secondary N) is 1. The Morgan fingerprint density at radius 3 is 3.00 bits per heavy atom. The molecule has 1 aliphatic rings. The third kappa shape index (κ3) is 3.77. The first-order chi connectivity index (χ1) is 7.22. The molecule has 15 heavy (non-hydrogen) atoms. The van der Waals surface area contributed by atoms with Crippen molar-refractivity contribution < 1.29 is 19.4 Å². The predicted octanol–water partition coefficient (Wildman–Crippen LogP) is -0.319. The lowest BCUT2D eigenvalue weighted by Gasteiger charge is -2.25. The molecule has 1 unspecified atom stereocenters. The molecule has 1 heterocycles. The van der Waals surface area contributed by atoms with Gasteiger partial charge in [0.1, 0.15) is 5.60 Å². The summed E-state index contributed by atoms with van der Waals surface area (Å²) in [6.07, 6.45) is 1.67. The number of amides is 1. The predicted molar refractivity (Wildman–Crippen MR) is 54.5 cm³/mol. The van der Waals surface area contributed by atoms with Gasteiger partial charge in [-0.1, -0.05) is 0 Å². The van der Waals surface area contributed by atoms with Gasteiger partial charge in [-0.05, 0) is 6.42 Å². The number of carbonyl (C=O) groups excluding carboxylic acids is 1. The second kappa shape index (κ2) is 6.05. The highest BCUT2D eigenvalue weighted by molar-refractivity contribution is 5.75. The fourth-order valence-electron chi connectivity index (χ4n) is 1.55. The minimum atomic E-state index is -0.352. The fourth-order valence-corrected chi connectivity index (χ4v) is 1.55. The van der Waals surface area contributed by atoms with Gasteiger partial charge < -0.3 is 19.9 Å². The highest BCUT2D eigenvalue weighted by atomic mass is 16.5. The highest BCUT2D eigenvalue weighted by Crippen LogP contribution is 2.21. The quantitative estimate of drug-likeness (QED) is 0.640. The van der Waals surface area contributed by atoms with Crippen LogP contribution in [0.3, 0.4) is 0 Å². The van der Waals surface area contributed by atoms with Gasteiger partial charge in [-0.15, -0.1) is 0 Å². The Bertz CT molecular complexity index is 202. The number of aliphatic hydroxyl groups is 1. The summed E-state index contributed by atoms with van der Waals surface area (Å²) >= 11 is 0. The second-order valence-corrected chi connectivity index (χ2v) is 3.79. The van der Waals surface area contributed by atoms with Gasteiger partial charge in [0.15, 0.2) is 0 Å². The molecule has 0 aliphatic carbocycles. The molecule has 1 amide bonds. The maximum absolute atomic E-state index is 11.3. The molecule has 0 spiro atoms. The largest absolute Gasteiger partial charge is 0.396 e. The molecule has 1 fully saturated rings. The highest BCUT2D eigenvalue weighted by Gasteiger charge is 2.35. The Balaban J connectivity index is 2.25. The van der Waals surface area contributed by atoms with Crippen molar-refractivity contribution in [3.63, 3.8) is 0 Å². The van der Waals surface area contributed by atoms with E-state index in [0.717, 1.165) is 6.42 Å². The zero-order valence-electron chi connectivity index (χ0n) is 9.12. The van der Waals surface area contributed by atoms with Gasteiger partial charge in [-0.2, -0.15) is 0 Å². The van der Waals surface area contributed by atoms with Gasteiger partial charge in [0.2, 0.25) is 5.91 Å². The van der Waals surface area contributed by atoms with Crippen molar-refractivity contribution in [2.75, 3.05) is 33.5 Å². The first kappa shape index (κ1) is 12.4. The molecular weight excluding hydrogens is 198 g/mol. The summed E-state index contributed by atoms with van der Waals surface area (Å²) in [6, 6.07) is 0. The van der Waals surface area contributed by atoms with Crippen LogP contribution in [0.2, 0.25) is 0 Å². The molecule has 1 atom stereocenters. The van der Waals surface area contributed by atoms with Crippen LogP contribution in [0, 0.1) is 0 Å². The fraction of sp³-hybridized carbons (Fsp3) is 0.900. The molecule has 0 bridgehead atoms. The Hall–Kier alpha value is -0.650. The minimum Gasteiger partial charge on any atom is -0.396 e. The van der Waals surface area contributed by atoms with Crippen LogP contribution in [-0.2, 0) is 14.3 Å². The molecule has 2 N–H and O–H groups in total. The van der Waals surface area contributed by atoms with Gasteiger partial charge in [0.05, 0.1) is 6.61 Å². The van der Waals surface area contributed by atoms with Crippen molar-refractivity contribution in [3.8, 4) is 0 Å². The maximum atomic E-state index is 11.3. The lowest BCUT2D eigenvalue weighted by atomic mass is 10.0. The van der Waals surface area contributed by atoms with Crippen LogP contribution in [0.25, 0.3) is 0 Å². The van der Waals surface area contributed by atoms with E-state index in [4.69, 9.17) is 14.6 Å². The Morgan fingerprint density at radius 2 is 2.47 bits per heavy atom. The third-order valence-electron chi connectivity index (χ3n) is 2.67. The van der Waals surface area contributed by atoms with Crippen LogP contribution in [0.4, 0.5) is 0 Å². The number of carbonyl (C=O) groups is 1. The molecule has 0 radical (unpaired) electrons. The SMILES string of the molecule is COC1(CNC(=O)CCCO)CCOC1. The summed E-state index contributed by atoms with van der Waals surface area (Å²) in [5, 5.41) is 11.4. The topological polar surface area (TPSA) is 67.8 Å². The number of ether oxygens (including phenoxy) is 2. The second-order valence-electron chi connectivity index (χ2n) is 3.79. The first-order valence-electron chi connectivity index (χ1n) is 5.23. The van der Waals surface area contributed by atoms with Gasteiger partial charge >= 0.3 is 0 Å². The van der Waals surface area contributed by atoms with E-state index < -0.39 is 0 Å². The minimum absolute atomic E-state index is 0.0476. The average molecular weight is 217 g/mol. The van der Waals surface area contributed by atoms with Gasteiger partial charge in [0, 0.05) is 39.7 Å². The molecule has 0 aromatic rings. The van der Waals surface area contributed by atoms with E-state index in [1.807, 2.05) is 0 Å². The van der Waals surface area contributed by atoms with E-state index in [9.17, 15) is 4.79 Å². The summed E-state index contributed by atoms with van der Waals surface area (Å²) in [6.45, 7) is 1.74. The summed E-state index contributed by atoms with van der Waals surface area (Å²) in [5.41, 5.74) is -0.352. The van der Waals surface area contributed by atoms with Crippen LogP contribution in [0.1, 0.15) is 19.3 Å². The van der Waals surface area contributed by atoms with Crippen LogP contribution >= 0.6 is 0 Å². The Labute approximate surface area is 89.8 Å². The van der Waals surface area contributed by atoms with Crippen molar-refractivity contribution >= 4 is 5.91 Å². The maximum Gasteiger partial charge on any atom is 0.220 e. The van der Waals surface area contributed by atoms with Crippen LogP contribution in [0.15, 0.2) is 0 Å². The monoisotopic (exact) mass is 217 g/mol. The first-order valence-corrected chi connectivity index (χ1v) is 5.23. The van der Waals surface area contributed by atoms with Crippen LogP contribution < -0.4 is 5.32 Å². The van der Waals surface area contributed by atoms with Crippen molar-refractivity contribution in [3.05, 3.63) is 0 Å². The molecular formula is C10H19NO4. The van der Waals surface area contributed by atoms with E-state index in [1.54, 1.807) is 7.11 Å². The van der Waals surface area contributed by atoms with E-state index in [1.165, 1.54) is 0 Å². The number of hydrogen-bond donors (Lipinski definition) is 2. The van der Waals surface area contributed by atoms with E-state index >= 15 is 0 Å². The lowest BCUT2D eigenvalue weighted by molar-refractivity contribution is -0.123. The molecule has 5 nitrogen and oxygen atoms in total. The molecule has 1 saturated heterocycles. The Kier molecular flexibility index (Phi) is 5.01. The molecule has 88 valence electrons. The van der Waals surface area contributed by atoms with Gasteiger partial charge in [0.25, 0.3) is 0 Å². The van der Waals surface area contributed by atoms with Crippen LogP contribution in [-0.4, -0.2) is 50.1 Å². The van der Waals surface area contributed by atoms with Crippen molar-refractivity contribution in [2.45, 2.75) is 24.9 Å². The standard InChI is InChI=1S/C10H19NO4/c1-14-10(4-6-15-8-10)7-11-9(13)3-2-5-12/h12H,2-8H2,1H3,(H,11,13). The van der Waals surface area contributed by atoms with Gasteiger partial charge in [-0.3, -0.25) is 4.79 Å². The summed E-state index contributed by atoms with van der Waals surface area (Å²) in [5.74, 6) is -0.0487. The number of rotatable bonds is 6. The van der Waals surface area contributed by atoms with Crippen molar-refractivity contribution in [1.29, 1.82) is 0 Å². The normalized spacial score (nSPS) is 25.5. The zero-order chi connectivity index (χ0) is 11.1. The van der Waals surface area contributed by atoms with E-state index in [-0.39, 0.29) is 18.1 Å². The summed E-state index contributed by atoms with van der Waals surface area (Å²) in [4.78, 5) is 11.3. The van der Waals surface area contributed by atoms with E-state index in [0.29, 0.717) is 32.6 Å². The number of aliphatic hydroxyl groups excluding tert-OH is 1. The number of hydrogen-bond acceptors (Lipinski definition) is 4. The third-order valence-corrected chi connectivity index (χ3v) is 2.67. The summed E-state index contributed by atoms with van der Waals surface area (Å²) < 4.78 is 10.6. The molecule has 5 heteroatoms. The lowest BCUT2D eigenvalue weighted by Crippen LogP contribution is -2.45. The smallest absolute Gasteiger partial charge is 0.220 e. The molecule has 0 aromatic heterocycles. The van der Waals surface area contributed by atoms with Crippen molar-refractivity contribution in [1.82, 2.24) is 5.32 Å². The molecule has 0 saturated carbocycles. The van der Waals surface area contributed by atoms with Crippen LogP contribution in [0.5, 0.6) is 0 Å². The number of methoxy groups -OCH3 is 1. The van der Waals surface area contributed by atoms with Gasteiger partial charge in [-0.25, -0.2) is 0 Å². The van der Waals surface area contributed by atoms with Crippen molar-refractivity contribution in [2.24, 2.45) is 0 Å². The molecule has 1 aliphatic heterocycles.